The average molecular weight is 373 g/mol. The van der Waals surface area contributed by atoms with Crippen molar-refractivity contribution in [3.8, 4) is 5.75 Å². The van der Waals surface area contributed by atoms with Crippen molar-refractivity contribution in [2.75, 3.05) is 7.05 Å². The lowest BCUT2D eigenvalue weighted by Crippen LogP contribution is -2.30. The van der Waals surface area contributed by atoms with Gasteiger partial charge in [0.15, 0.2) is 0 Å². The van der Waals surface area contributed by atoms with Crippen LogP contribution in [0.4, 0.5) is 13.2 Å². The molecule has 3 aromatic rings. The van der Waals surface area contributed by atoms with Crippen LogP contribution in [0.15, 0.2) is 36.4 Å². The van der Waals surface area contributed by atoms with Crippen molar-refractivity contribution in [1.29, 1.82) is 0 Å². The highest BCUT2D eigenvalue weighted by molar-refractivity contribution is 5.97. The molecule has 2 atom stereocenters. The molecule has 1 amide bonds. The molecular formula is C19H14F3N3O2. The third-order valence-electron chi connectivity index (χ3n) is 5.37. The van der Waals surface area contributed by atoms with Crippen LogP contribution in [0.3, 0.4) is 0 Å². The van der Waals surface area contributed by atoms with Gasteiger partial charge in [-0.3, -0.25) is 4.79 Å². The zero-order valence-electron chi connectivity index (χ0n) is 14.2. The Balaban J connectivity index is 1.81. The first-order valence-electron chi connectivity index (χ1n) is 8.48. The summed E-state index contributed by atoms with van der Waals surface area (Å²) in [6.07, 6.45) is 0.495. The summed E-state index contributed by atoms with van der Waals surface area (Å²) in [5, 5.41) is 0. The third kappa shape index (κ3) is 2.19. The molecule has 0 saturated heterocycles. The van der Waals surface area contributed by atoms with Crippen LogP contribution in [-0.2, 0) is 0 Å². The maximum Gasteiger partial charge on any atom is 0.387 e. The summed E-state index contributed by atoms with van der Waals surface area (Å²) >= 11 is 0. The number of hydrogen-bond acceptors (Lipinski definition) is 3. The lowest BCUT2D eigenvalue weighted by molar-refractivity contribution is -0.0507. The van der Waals surface area contributed by atoms with Crippen LogP contribution in [0.1, 0.15) is 40.3 Å². The fraction of sp³-hybridized carbons (Fsp3) is 0.263. The number of aromatic nitrogens is 2. The molecule has 0 unspecified atom stereocenters. The molecule has 2 aliphatic heterocycles. The molecule has 27 heavy (non-hydrogen) atoms. The van der Waals surface area contributed by atoms with E-state index in [1.165, 1.54) is 24.3 Å². The van der Waals surface area contributed by atoms with Gasteiger partial charge in [-0.05, 0) is 24.3 Å². The Hall–Kier alpha value is -3.03. The SMILES string of the molecule is CN1C(=O)c2cccc(OC(F)F)c2[C@H]2C[C@@H]1c1nc3cc(F)ccc3n12. The normalized spacial score (nSPS) is 20.8. The number of ether oxygens (including phenoxy) is 1. The third-order valence-corrected chi connectivity index (χ3v) is 5.37. The highest BCUT2D eigenvalue weighted by Crippen LogP contribution is 2.49. The smallest absolute Gasteiger partial charge is 0.387 e. The van der Waals surface area contributed by atoms with Gasteiger partial charge in [0.25, 0.3) is 5.91 Å². The number of halogens is 3. The largest absolute Gasteiger partial charge is 0.434 e. The van der Waals surface area contributed by atoms with E-state index < -0.39 is 18.5 Å². The van der Waals surface area contributed by atoms with Crippen molar-refractivity contribution in [3.63, 3.8) is 0 Å². The minimum atomic E-state index is -3.00. The summed E-state index contributed by atoms with van der Waals surface area (Å²) in [6.45, 7) is -3.00. The second kappa shape index (κ2) is 5.48. The van der Waals surface area contributed by atoms with Gasteiger partial charge >= 0.3 is 6.61 Å². The monoisotopic (exact) mass is 373 g/mol. The summed E-state index contributed by atoms with van der Waals surface area (Å²) in [7, 11) is 1.66. The van der Waals surface area contributed by atoms with Gasteiger partial charge in [0.05, 0.1) is 23.1 Å². The van der Waals surface area contributed by atoms with Crippen LogP contribution in [-0.4, -0.2) is 34.0 Å². The van der Waals surface area contributed by atoms with Crippen LogP contribution in [0.25, 0.3) is 11.0 Å². The van der Waals surface area contributed by atoms with Crippen molar-refractivity contribution in [2.24, 2.45) is 0 Å². The molecule has 5 rings (SSSR count). The molecule has 0 fully saturated rings. The maximum absolute atomic E-state index is 13.6. The van der Waals surface area contributed by atoms with Crippen molar-refractivity contribution in [3.05, 3.63) is 59.2 Å². The standard InChI is InChI=1S/C19H14F3N3O2/c1-24-14-8-13(25-12-6-5-9(20)7-11(12)23-17(14)25)16-10(18(24)26)3-2-4-15(16)27-19(21)22/h2-7,13-14,19H,8H2,1H3/t13-,14-/m1/s1. The molecule has 2 aliphatic rings. The molecule has 3 heterocycles. The topological polar surface area (TPSA) is 47.4 Å². The van der Waals surface area contributed by atoms with E-state index in [0.717, 1.165) is 0 Å². The summed E-state index contributed by atoms with van der Waals surface area (Å²) < 4.78 is 46.2. The van der Waals surface area contributed by atoms with Crippen LogP contribution in [0.5, 0.6) is 5.75 Å². The Morgan fingerprint density at radius 3 is 2.81 bits per heavy atom. The fourth-order valence-corrected chi connectivity index (χ4v) is 4.26. The zero-order chi connectivity index (χ0) is 18.9. The van der Waals surface area contributed by atoms with Gasteiger partial charge in [0.2, 0.25) is 0 Å². The Morgan fingerprint density at radius 2 is 2.04 bits per heavy atom. The Labute approximate surface area is 152 Å². The predicted molar refractivity (Wildman–Crippen MR) is 90.4 cm³/mol. The number of fused-ring (bicyclic) bond motifs is 9. The highest BCUT2D eigenvalue weighted by Gasteiger charge is 2.44. The van der Waals surface area contributed by atoms with Gasteiger partial charge in [0, 0.05) is 30.7 Å². The van der Waals surface area contributed by atoms with E-state index in [1.54, 1.807) is 24.1 Å². The molecule has 0 saturated carbocycles. The van der Waals surface area contributed by atoms with Crippen LogP contribution in [0.2, 0.25) is 0 Å². The summed E-state index contributed by atoms with van der Waals surface area (Å²) in [5.41, 5.74) is 1.91. The van der Waals surface area contributed by atoms with Gasteiger partial charge in [-0.15, -0.1) is 0 Å². The van der Waals surface area contributed by atoms with Gasteiger partial charge in [0.1, 0.15) is 17.4 Å². The number of amides is 1. The number of rotatable bonds is 2. The molecule has 5 nitrogen and oxygen atoms in total. The number of benzene rings is 2. The predicted octanol–water partition coefficient (Wildman–Crippen LogP) is 3.90. The molecule has 0 radical (unpaired) electrons. The van der Waals surface area contributed by atoms with E-state index in [1.807, 2.05) is 4.57 Å². The molecule has 0 aliphatic carbocycles. The number of nitrogens with zero attached hydrogens (tertiary/aromatic N) is 3. The van der Waals surface area contributed by atoms with Crippen molar-refractivity contribution in [2.45, 2.75) is 25.1 Å². The van der Waals surface area contributed by atoms with E-state index in [9.17, 15) is 18.0 Å². The van der Waals surface area contributed by atoms with Crippen molar-refractivity contribution in [1.82, 2.24) is 14.5 Å². The van der Waals surface area contributed by atoms with Gasteiger partial charge in [-0.1, -0.05) is 6.07 Å². The molecule has 2 aromatic carbocycles. The molecule has 138 valence electrons. The lowest BCUT2D eigenvalue weighted by Gasteiger charge is -2.24. The van der Waals surface area contributed by atoms with E-state index in [0.29, 0.717) is 34.4 Å². The molecule has 1 aromatic heterocycles. The van der Waals surface area contributed by atoms with Crippen LogP contribution in [0, 0.1) is 5.82 Å². The minimum absolute atomic E-state index is 0.0216. The lowest BCUT2D eigenvalue weighted by atomic mass is 9.97. The molecule has 2 bridgehead atoms. The summed E-state index contributed by atoms with van der Waals surface area (Å²) in [6, 6.07) is 8.15. The molecule has 0 spiro atoms. The average Bonchev–Trinajstić information content (AvgIpc) is 3.13. The van der Waals surface area contributed by atoms with Gasteiger partial charge in [-0.2, -0.15) is 8.78 Å². The molecule has 8 heteroatoms. The van der Waals surface area contributed by atoms with E-state index in [-0.39, 0.29) is 17.7 Å². The number of carbonyl (C=O) groups excluding carboxylic acids is 1. The quantitative estimate of drug-likeness (QED) is 0.685. The number of imidazole rings is 1. The fourth-order valence-electron chi connectivity index (χ4n) is 4.26. The summed E-state index contributed by atoms with van der Waals surface area (Å²) in [4.78, 5) is 19.0. The number of hydrogen-bond donors (Lipinski definition) is 0. The first-order chi connectivity index (χ1) is 13.0. The van der Waals surface area contributed by atoms with Crippen molar-refractivity contribution < 1.29 is 22.7 Å². The second-order valence-electron chi connectivity index (χ2n) is 6.75. The Kier molecular flexibility index (Phi) is 3.28. The zero-order valence-corrected chi connectivity index (χ0v) is 14.2. The van der Waals surface area contributed by atoms with Crippen molar-refractivity contribution >= 4 is 16.9 Å². The number of carbonyl (C=O) groups is 1. The Bertz CT molecular complexity index is 1100. The first kappa shape index (κ1) is 16.2. The highest BCUT2D eigenvalue weighted by atomic mass is 19.3. The van der Waals surface area contributed by atoms with Gasteiger partial charge in [-0.25, -0.2) is 9.37 Å². The van der Waals surface area contributed by atoms with E-state index in [4.69, 9.17) is 4.74 Å². The Morgan fingerprint density at radius 1 is 1.22 bits per heavy atom. The minimum Gasteiger partial charge on any atom is -0.434 e. The summed E-state index contributed by atoms with van der Waals surface area (Å²) in [5.74, 6) is -0.0869. The molecular weight excluding hydrogens is 359 g/mol. The van der Waals surface area contributed by atoms with Crippen LogP contribution < -0.4 is 4.74 Å². The number of alkyl halides is 2. The maximum atomic E-state index is 13.6. The first-order valence-corrected chi connectivity index (χ1v) is 8.48. The molecule has 0 N–H and O–H groups in total. The van der Waals surface area contributed by atoms with E-state index in [2.05, 4.69) is 4.98 Å². The van der Waals surface area contributed by atoms with E-state index >= 15 is 0 Å². The second-order valence-corrected chi connectivity index (χ2v) is 6.75. The van der Waals surface area contributed by atoms with Crippen LogP contribution >= 0.6 is 0 Å². The van der Waals surface area contributed by atoms with Gasteiger partial charge < -0.3 is 14.2 Å².